The second-order valence-corrected chi connectivity index (χ2v) is 4.00. The van der Waals surface area contributed by atoms with Crippen LogP contribution in [-0.2, 0) is 15.1 Å². The van der Waals surface area contributed by atoms with Crippen LogP contribution in [0.15, 0.2) is 24.3 Å². The molecule has 1 aromatic rings. The van der Waals surface area contributed by atoms with Gasteiger partial charge >= 0.3 is 34.5 Å². The molecular weight excluding hydrogens is 246 g/mol. The minimum absolute atomic E-state index is 0.226. The Morgan fingerprint density at radius 1 is 1.56 bits per heavy atom. The molecule has 0 nitrogen and oxygen atoms in total. The minimum atomic E-state index is -0.226. The predicted molar refractivity (Wildman–Crippen MR) is 38.5 cm³/mol. The zero-order chi connectivity index (χ0) is 7.11. The molecule has 0 saturated carbocycles. The maximum atomic E-state index is 4.83. The summed E-state index contributed by atoms with van der Waals surface area (Å²) < 4.78 is 0. The number of hydrogen-bond donors (Lipinski definition) is 0. The van der Waals surface area contributed by atoms with E-state index in [-0.39, 0.29) is 15.1 Å². The molecule has 1 rings (SSSR count). The Morgan fingerprint density at radius 3 is 2.22 bits per heavy atom. The molecule has 54 valence electrons. The van der Waals surface area contributed by atoms with Gasteiger partial charge in [-0.1, -0.05) is 6.92 Å². The Labute approximate surface area is 71.2 Å². The van der Waals surface area contributed by atoms with Gasteiger partial charge in [-0.05, 0) is 0 Å². The molecule has 9 heavy (non-hydrogen) atoms. The van der Waals surface area contributed by atoms with Crippen molar-refractivity contribution in [3.05, 3.63) is 29.8 Å². The molecule has 0 saturated heterocycles. The molecule has 3 heteroatoms. The van der Waals surface area contributed by atoms with Crippen molar-refractivity contribution in [2.45, 2.75) is 6.92 Å². The quantitative estimate of drug-likeness (QED) is 0.492. The van der Waals surface area contributed by atoms with Crippen molar-refractivity contribution in [3.63, 3.8) is 0 Å². The summed E-state index contributed by atoms with van der Waals surface area (Å²) in [5, 5.41) is 0. The molecule has 0 fully saturated rings. The molecule has 0 unspecified atom stereocenters. The monoisotopic (exact) mass is 252 g/mol. The topological polar surface area (TPSA) is 0 Å². The van der Waals surface area contributed by atoms with Gasteiger partial charge in [-0.25, -0.2) is 12.1 Å². The van der Waals surface area contributed by atoms with Gasteiger partial charge in [0.05, 0.1) is 0 Å². The molecule has 0 spiro atoms. The number of hydrogen-bond acceptors (Lipinski definition) is 0. The summed E-state index contributed by atoms with van der Waals surface area (Å²) in [6.45, 7) is 2.08. The van der Waals surface area contributed by atoms with Gasteiger partial charge < -0.3 is 0 Å². The van der Waals surface area contributed by atoms with Crippen LogP contribution in [0.1, 0.15) is 5.56 Å². The Kier molecular flexibility index (Phi) is 7.08. The summed E-state index contributed by atoms with van der Waals surface area (Å²) in [4.78, 5) is 0. The molecule has 0 aliphatic heterocycles. The fraction of sp³-hybridized carbons (Fsp3) is 0.167. The molecule has 0 heterocycles. The summed E-state index contributed by atoms with van der Waals surface area (Å²) in [5.74, 6) is 0. The fourth-order valence-corrected chi connectivity index (χ4v) is 0.470. The van der Waals surface area contributed by atoms with Gasteiger partial charge in [0.1, 0.15) is 0 Å². The molecule has 1 aromatic carbocycles. The van der Waals surface area contributed by atoms with Crippen molar-refractivity contribution >= 4 is 19.4 Å². The average molecular weight is 253 g/mol. The average Bonchev–Trinajstić information content (AvgIpc) is 2.20. The van der Waals surface area contributed by atoms with Gasteiger partial charge in [0.2, 0.25) is 0 Å². The summed E-state index contributed by atoms with van der Waals surface area (Å²) in [6, 6.07) is 8.24. The van der Waals surface area contributed by atoms with Crippen LogP contribution < -0.4 is 0 Å². The van der Waals surface area contributed by atoms with Crippen LogP contribution in [0.4, 0.5) is 0 Å². The molecule has 0 N–H and O–H groups in total. The van der Waals surface area contributed by atoms with E-state index in [0.29, 0.717) is 0 Å². The van der Waals surface area contributed by atoms with E-state index in [1.165, 1.54) is 5.56 Å². The van der Waals surface area contributed by atoms with Crippen LogP contribution in [0, 0.1) is 6.92 Å². The summed E-state index contributed by atoms with van der Waals surface area (Å²) in [6.07, 6.45) is 0. The molecule has 0 radical (unpaired) electrons. The maximum absolute atomic E-state index is 4.83. The fourth-order valence-electron chi connectivity index (χ4n) is 0.470. The second kappa shape index (κ2) is 6.67. The van der Waals surface area contributed by atoms with Gasteiger partial charge in [-0.15, -0.1) is 0 Å². The van der Waals surface area contributed by atoms with E-state index in [0.717, 1.165) is 0 Å². The number of rotatable bonds is 0. The van der Waals surface area contributed by atoms with E-state index in [9.17, 15) is 0 Å². The zero-order valence-electron chi connectivity index (χ0n) is 4.90. The molecule has 0 bridgehead atoms. The first-order chi connectivity index (χ1) is 4.31. The van der Waals surface area contributed by atoms with Crippen molar-refractivity contribution < 1.29 is 15.1 Å². The van der Waals surface area contributed by atoms with E-state index >= 15 is 0 Å². The van der Waals surface area contributed by atoms with Crippen LogP contribution in [0.25, 0.3) is 0 Å². The van der Waals surface area contributed by atoms with E-state index in [1.807, 2.05) is 12.1 Å². The SMILES string of the molecule is Cc1ccc[cH-]1.[Cl][Rh+][Cl]. The predicted octanol–water partition coefficient (Wildman–Crippen LogP) is 3.09. The van der Waals surface area contributed by atoms with E-state index in [4.69, 9.17) is 19.4 Å². The van der Waals surface area contributed by atoms with Crippen molar-refractivity contribution in [3.8, 4) is 0 Å². The van der Waals surface area contributed by atoms with Gasteiger partial charge in [0, 0.05) is 0 Å². The van der Waals surface area contributed by atoms with Crippen LogP contribution in [0.5, 0.6) is 0 Å². The Bertz CT molecular complexity index is 126. The molecule has 0 amide bonds. The standard InChI is InChI=1S/C6H7.2ClH.Rh/c1-6-4-2-3-5-6;;;/h2-5H,1H3;2*1H;/q-1;;;+3/p-2. The first-order valence-corrected chi connectivity index (χ1v) is 6.55. The summed E-state index contributed by atoms with van der Waals surface area (Å²) >= 11 is -0.226. The van der Waals surface area contributed by atoms with Gasteiger partial charge in [0.25, 0.3) is 0 Å². The second-order valence-electron chi connectivity index (χ2n) is 1.51. The van der Waals surface area contributed by atoms with Crippen molar-refractivity contribution in [2.75, 3.05) is 0 Å². The Hall–Kier alpha value is 0.553. The zero-order valence-corrected chi connectivity index (χ0v) is 8.05. The van der Waals surface area contributed by atoms with Crippen molar-refractivity contribution in [1.29, 1.82) is 0 Å². The van der Waals surface area contributed by atoms with Crippen LogP contribution in [0.3, 0.4) is 0 Å². The van der Waals surface area contributed by atoms with E-state index in [1.54, 1.807) is 0 Å². The van der Waals surface area contributed by atoms with Gasteiger partial charge in [0.15, 0.2) is 0 Å². The van der Waals surface area contributed by atoms with Crippen molar-refractivity contribution in [2.24, 2.45) is 0 Å². The molecule has 0 atom stereocenters. The first kappa shape index (κ1) is 9.55. The van der Waals surface area contributed by atoms with Crippen LogP contribution >= 0.6 is 19.4 Å². The first-order valence-electron chi connectivity index (χ1n) is 2.33. The third-order valence-electron chi connectivity index (χ3n) is 0.829. The third-order valence-corrected chi connectivity index (χ3v) is 0.829. The van der Waals surface area contributed by atoms with E-state index < -0.39 is 0 Å². The van der Waals surface area contributed by atoms with Crippen molar-refractivity contribution in [1.82, 2.24) is 0 Å². The van der Waals surface area contributed by atoms with Crippen LogP contribution in [0.2, 0.25) is 0 Å². The molecule has 0 aromatic heterocycles. The van der Waals surface area contributed by atoms with Crippen LogP contribution in [-0.4, -0.2) is 0 Å². The summed E-state index contributed by atoms with van der Waals surface area (Å²) in [5.41, 5.74) is 1.34. The normalized spacial score (nSPS) is 8.33. The molecule has 0 aliphatic carbocycles. The molecular formula is C6H7Cl2Rh. The van der Waals surface area contributed by atoms with E-state index in [2.05, 4.69) is 19.1 Å². The Morgan fingerprint density at radius 2 is 2.11 bits per heavy atom. The Balaban J connectivity index is 0.000000187. The van der Waals surface area contributed by atoms with Gasteiger partial charge in [-0.3, -0.25) is 0 Å². The molecule has 0 aliphatic rings. The number of aryl methyl sites for hydroxylation is 1. The third kappa shape index (κ3) is 6.44. The summed E-state index contributed by atoms with van der Waals surface area (Å²) in [7, 11) is 9.67. The van der Waals surface area contributed by atoms with Gasteiger partial charge in [-0.2, -0.15) is 17.7 Å². The number of halogens is 2.